The minimum Gasteiger partial charge on any atom is -0.490 e. The average molecular weight is 296 g/mol. The topological polar surface area (TPSA) is 36.3 Å². The number of hydrogen-bond donors (Lipinski definition) is 0. The van der Waals surface area contributed by atoms with Gasteiger partial charge < -0.3 is 9.64 Å². The molecule has 22 heavy (non-hydrogen) atoms. The van der Waals surface area contributed by atoms with E-state index in [0.29, 0.717) is 11.7 Å². The van der Waals surface area contributed by atoms with Gasteiger partial charge >= 0.3 is 0 Å². The summed E-state index contributed by atoms with van der Waals surface area (Å²) >= 11 is 0. The molecule has 0 bridgehead atoms. The van der Waals surface area contributed by atoms with Crippen LogP contribution in [0.4, 0.5) is 0 Å². The molecule has 2 fully saturated rings. The molecule has 1 saturated carbocycles. The summed E-state index contributed by atoms with van der Waals surface area (Å²) in [5, 5.41) is 9.28. The number of nitrogens with zero attached hydrogens (tertiary/aromatic N) is 2. The molecule has 0 amide bonds. The van der Waals surface area contributed by atoms with Crippen LogP contribution in [-0.4, -0.2) is 24.1 Å². The fourth-order valence-electron chi connectivity index (χ4n) is 3.31. The number of likely N-dealkylation sites (tertiary alicyclic amines) is 1. The molecular formula is C19H24N2O. The van der Waals surface area contributed by atoms with E-state index in [-0.39, 0.29) is 0 Å². The summed E-state index contributed by atoms with van der Waals surface area (Å²) in [6.07, 6.45) is 13.2. The van der Waals surface area contributed by atoms with Crippen LogP contribution in [0, 0.1) is 11.3 Å². The highest BCUT2D eigenvalue weighted by Gasteiger charge is 2.15. The van der Waals surface area contributed by atoms with E-state index in [0.717, 1.165) is 37.2 Å². The van der Waals surface area contributed by atoms with Crippen LogP contribution in [0.5, 0.6) is 5.75 Å². The lowest BCUT2D eigenvalue weighted by Crippen LogP contribution is -2.19. The third kappa shape index (κ3) is 3.82. The highest BCUT2D eigenvalue weighted by molar-refractivity contribution is 5.60. The first kappa shape index (κ1) is 15.0. The Hall–Kier alpha value is -1.95. The zero-order valence-corrected chi connectivity index (χ0v) is 13.1. The lowest BCUT2D eigenvalue weighted by Gasteiger charge is -2.23. The number of rotatable bonds is 4. The van der Waals surface area contributed by atoms with E-state index in [9.17, 15) is 5.26 Å². The maximum Gasteiger partial charge on any atom is 0.120 e. The molecule has 1 aliphatic heterocycles. The molecule has 1 aromatic carbocycles. The Morgan fingerprint density at radius 3 is 2.59 bits per heavy atom. The summed E-state index contributed by atoms with van der Waals surface area (Å²) in [4.78, 5) is 2.32. The third-order valence-corrected chi connectivity index (χ3v) is 4.60. The maximum absolute atomic E-state index is 9.28. The summed E-state index contributed by atoms with van der Waals surface area (Å²) in [6.45, 7) is 2.24. The van der Waals surface area contributed by atoms with Gasteiger partial charge in [-0.2, -0.15) is 5.26 Å². The number of benzene rings is 1. The van der Waals surface area contributed by atoms with E-state index >= 15 is 0 Å². The van der Waals surface area contributed by atoms with Crippen molar-refractivity contribution in [2.24, 2.45) is 0 Å². The summed E-state index contributed by atoms with van der Waals surface area (Å²) in [7, 11) is 0. The highest BCUT2D eigenvalue weighted by Crippen LogP contribution is 2.25. The SMILES string of the molecule is N#Cc1ccc(OC2CCCCC2)cc1/C=C/N1CCCC1. The molecule has 3 rings (SSSR count). The van der Waals surface area contributed by atoms with E-state index in [1.165, 1.54) is 32.1 Å². The molecule has 1 aromatic rings. The minimum absolute atomic E-state index is 0.345. The third-order valence-electron chi connectivity index (χ3n) is 4.60. The molecule has 0 atom stereocenters. The van der Waals surface area contributed by atoms with Crippen LogP contribution in [0.3, 0.4) is 0 Å². The molecule has 116 valence electrons. The summed E-state index contributed by atoms with van der Waals surface area (Å²) in [5.41, 5.74) is 1.68. The molecule has 3 nitrogen and oxygen atoms in total. The first-order valence-electron chi connectivity index (χ1n) is 8.48. The quantitative estimate of drug-likeness (QED) is 0.829. The van der Waals surface area contributed by atoms with Gasteiger partial charge in [0.1, 0.15) is 5.75 Å². The van der Waals surface area contributed by atoms with Crippen LogP contribution >= 0.6 is 0 Å². The van der Waals surface area contributed by atoms with Crippen LogP contribution in [0.2, 0.25) is 0 Å². The normalized spacial score (nSPS) is 19.5. The second kappa shape index (κ2) is 7.35. The van der Waals surface area contributed by atoms with Crippen molar-refractivity contribution < 1.29 is 4.74 Å². The molecular weight excluding hydrogens is 272 g/mol. The van der Waals surface area contributed by atoms with Gasteiger partial charge in [0.05, 0.1) is 17.7 Å². The fourth-order valence-corrected chi connectivity index (χ4v) is 3.31. The standard InChI is InChI=1S/C19H24N2O/c20-15-17-8-9-19(22-18-6-2-1-3-7-18)14-16(17)10-13-21-11-4-5-12-21/h8-10,13-14,18H,1-7,11-12H2/b13-10+. The predicted octanol–water partition coefficient (Wildman–Crippen LogP) is 4.34. The van der Waals surface area contributed by atoms with Gasteiger partial charge in [-0.05, 0) is 74.6 Å². The van der Waals surface area contributed by atoms with Gasteiger partial charge in [0.2, 0.25) is 0 Å². The van der Waals surface area contributed by atoms with E-state index < -0.39 is 0 Å². The lowest BCUT2D eigenvalue weighted by molar-refractivity contribution is 0.155. The Morgan fingerprint density at radius 1 is 1.09 bits per heavy atom. The highest BCUT2D eigenvalue weighted by atomic mass is 16.5. The first-order chi connectivity index (χ1) is 10.8. The lowest BCUT2D eigenvalue weighted by atomic mass is 9.98. The zero-order chi connectivity index (χ0) is 15.2. The molecule has 0 N–H and O–H groups in total. The van der Waals surface area contributed by atoms with E-state index in [2.05, 4.69) is 23.2 Å². The Kier molecular flexibility index (Phi) is 5.00. The average Bonchev–Trinajstić information content (AvgIpc) is 3.07. The Labute approximate surface area is 133 Å². The maximum atomic E-state index is 9.28. The van der Waals surface area contributed by atoms with E-state index in [1.54, 1.807) is 0 Å². The monoisotopic (exact) mass is 296 g/mol. The van der Waals surface area contributed by atoms with Gasteiger partial charge in [-0.3, -0.25) is 0 Å². The summed E-state index contributed by atoms with van der Waals surface area (Å²) in [6, 6.07) is 8.10. The summed E-state index contributed by atoms with van der Waals surface area (Å²) < 4.78 is 6.11. The van der Waals surface area contributed by atoms with Gasteiger partial charge in [0.25, 0.3) is 0 Å². The molecule has 0 unspecified atom stereocenters. The van der Waals surface area contributed by atoms with Crippen molar-refractivity contribution in [1.82, 2.24) is 4.90 Å². The molecule has 1 saturated heterocycles. The van der Waals surface area contributed by atoms with Crippen LogP contribution in [0.15, 0.2) is 24.4 Å². The van der Waals surface area contributed by atoms with Crippen LogP contribution in [0.1, 0.15) is 56.1 Å². The molecule has 3 heteroatoms. The van der Waals surface area contributed by atoms with Crippen molar-refractivity contribution >= 4 is 6.08 Å². The second-order valence-corrected chi connectivity index (χ2v) is 6.30. The molecule has 0 radical (unpaired) electrons. The van der Waals surface area contributed by atoms with E-state index in [1.807, 2.05) is 18.2 Å². The van der Waals surface area contributed by atoms with Gasteiger partial charge in [-0.1, -0.05) is 6.42 Å². The molecule has 1 aliphatic carbocycles. The minimum atomic E-state index is 0.345. The Bertz CT molecular complexity index is 561. The van der Waals surface area contributed by atoms with Crippen molar-refractivity contribution in [3.05, 3.63) is 35.5 Å². The van der Waals surface area contributed by atoms with Gasteiger partial charge in [0.15, 0.2) is 0 Å². The second-order valence-electron chi connectivity index (χ2n) is 6.30. The van der Waals surface area contributed by atoms with Gasteiger partial charge in [-0.25, -0.2) is 0 Å². The summed E-state index contributed by atoms with van der Waals surface area (Å²) in [5.74, 6) is 0.895. The van der Waals surface area contributed by atoms with Crippen molar-refractivity contribution in [2.75, 3.05) is 13.1 Å². The van der Waals surface area contributed by atoms with Crippen molar-refractivity contribution in [1.29, 1.82) is 5.26 Å². The Balaban J connectivity index is 1.72. The van der Waals surface area contributed by atoms with Crippen LogP contribution in [-0.2, 0) is 0 Å². The number of nitriles is 1. The van der Waals surface area contributed by atoms with Crippen LogP contribution in [0.25, 0.3) is 6.08 Å². The zero-order valence-electron chi connectivity index (χ0n) is 13.1. The van der Waals surface area contributed by atoms with E-state index in [4.69, 9.17) is 4.74 Å². The Morgan fingerprint density at radius 2 is 1.86 bits per heavy atom. The molecule has 2 aliphatic rings. The fraction of sp³-hybridized carbons (Fsp3) is 0.526. The molecule has 0 aromatic heterocycles. The van der Waals surface area contributed by atoms with Crippen LogP contribution < -0.4 is 4.74 Å². The molecule has 1 heterocycles. The van der Waals surface area contributed by atoms with Crippen molar-refractivity contribution in [3.8, 4) is 11.8 Å². The largest absolute Gasteiger partial charge is 0.490 e. The number of ether oxygens (including phenoxy) is 1. The smallest absolute Gasteiger partial charge is 0.120 e. The van der Waals surface area contributed by atoms with Crippen molar-refractivity contribution in [3.63, 3.8) is 0 Å². The first-order valence-corrected chi connectivity index (χ1v) is 8.48. The number of hydrogen-bond acceptors (Lipinski definition) is 3. The van der Waals surface area contributed by atoms with Gasteiger partial charge in [-0.15, -0.1) is 0 Å². The predicted molar refractivity (Wildman–Crippen MR) is 88.5 cm³/mol. The van der Waals surface area contributed by atoms with Gasteiger partial charge in [0, 0.05) is 13.1 Å². The van der Waals surface area contributed by atoms with Crippen molar-refractivity contribution in [2.45, 2.75) is 51.0 Å². The molecule has 0 spiro atoms.